The summed E-state index contributed by atoms with van der Waals surface area (Å²) in [6, 6.07) is 0. The molecule has 0 spiro atoms. The van der Waals surface area contributed by atoms with E-state index in [1.807, 2.05) is 0 Å². The van der Waals surface area contributed by atoms with Gasteiger partial charge < -0.3 is 64.2 Å². The number of rotatable bonds is 44. The highest BCUT2D eigenvalue weighted by atomic mass is 16.7. The van der Waals surface area contributed by atoms with Crippen molar-refractivity contribution in [3.05, 3.63) is 60.8 Å². The van der Waals surface area contributed by atoms with Crippen molar-refractivity contribution < 1.29 is 69.0 Å². The average Bonchev–Trinajstić information content (AvgIpc) is 3.37. The lowest BCUT2D eigenvalue weighted by atomic mass is 9.98. The Balaban J connectivity index is 1.73. The minimum absolute atomic E-state index is 0.0570. The normalized spacial score (nSPS) is 25.8. The summed E-state index contributed by atoms with van der Waals surface area (Å²) in [7, 11) is 0. The van der Waals surface area contributed by atoms with Gasteiger partial charge in [0.05, 0.1) is 26.4 Å². The number of hydrogen-bond donors (Lipinski definition) is 7. The van der Waals surface area contributed by atoms with Crippen LogP contribution in [-0.2, 0) is 33.2 Å². The molecular weight excluding hydrogens is 909 g/mol. The highest BCUT2D eigenvalue weighted by Crippen LogP contribution is 2.26. The van der Waals surface area contributed by atoms with Crippen molar-refractivity contribution in [2.45, 2.75) is 261 Å². The second-order valence-corrected chi connectivity index (χ2v) is 19.4. The summed E-state index contributed by atoms with van der Waals surface area (Å²) in [5.41, 5.74) is 0. The molecule has 0 bridgehead atoms. The molecule has 7 N–H and O–H groups in total. The van der Waals surface area contributed by atoms with Crippen LogP contribution in [0.2, 0.25) is 0 Å². The van der Waals surface area contributed by atoms with Gasteiger partial charge in [0.25, 0.3) is 0 Å². The van der Waals surface area contributed by atoms with Crippen molar-refractivity contribution in [3.63, 3.8) is 0 Å². The van der Waals surface area contributed by atoms with E-state index >= 15 is 0 Å². The fourth-order valence-corrected chi connectivity index (χ4v) is 8.55. The molecule has 2 aliphatic heterocycles. The zero-order valence-corrected chi connectivity index (χ0v) is 43.9. The molecule has 71 heavy (non-hydrogen) atoms. The van der Waals surface area contributed by atoms with Crippen LogP contribution in [0.25, 0.3) is 0 Å². The van der Waals surface area contributed by atoms with E-state index < -0.39 is 80.7 Å². The minimum Gasteiger partial charge on any atom is -0.457 e. The fraction of sp³-hybridized carbons (Fsp3) is 0.807. The van der Waals surface area contributed by atoms with Crippen molar-refractivity contribution in [1.82, 2.24) is 0 Å². The second-order valence-electron chi connectivity index (χ2n) is 19.4. The number of allylic oxidation sites excluding steroid dienone is 10. The Morgan fingerprint density at radius 3 is 1.44 bits per heavy atom. The summed E-state index contributed by atoms with van der Waals surface area (Å²) in [5.74, 6) is -0.387. The summed E-state index contributed by atoms with van der Waals surface area (Å²) in [6.45, 7) is 3.57. The Bertz CT molecular complexity index is 1400. The first kappa shape index (κ1) is 64.8. The van der Waals surface area contributed by atoms with E-state index in [4.69, 9.17) is 28.4 Å². The second kappa shape index (κ2) is 44.0. The molecule has 0 radical (unpaired) electrons. The van der Waals surface area contributed by atoms with Gasteiger partial charge in [-0.05, 0) is 57.8 Å². The molecule has 14 nitrogen and oxygen atoms in total. The largest absolute Gasteiger partial charge is 0.457 e. The SMILES string of the molecule is CC/C=C\C/C=C\C/C=C\C/C=C\C/C=C\CCCCCCCCCC(=O)OC(COCCCCCCCCCCCCCCCC)COC1OC(COC2OC(CO)C(O)C(O)C2O)C(O)C(O)C1O. The maximum absolute atomic E-state index is 13.1. The smallest absolute Gasteiger partial charge is 0.306 e. The Labute approximate surface area is 428 Å². The Hall–Kier alpha value is -2.31. The number of carbonyl (C=O) groups is 1. The molecule has 2 saturated heterocycles. The molecule has 0 aromatic carbocycles. The molecule has 0 saturated carbocycles. The third-order valence-electron chi connectivity index (χ3n) is 13.0. The van der Waals surface area contributed by atoms with Crippen LogP contribution in [0.4, 0.5) is 0 Å². The van der Waals surface area contributed by atoms with Gasteiger partial charge in [-0.25, -0.2) is 0 Å². The summed E-state index contributed by atoms with van der Waals surface area (Å²) in [4.78, 5) is 13.1. The van der Waals surface area contributed by atoms with Crippen molar-refractivity contribution in [1.29, 1.82) is 0 Å². The third kappa shape index (κ3) is 31.2. The molecule has 2 heterocycles. The fourth-order valence-electron chi connectivity index (χ4n) is 8.55. The molecule has 412 valence electrons. The van der Waals surface area contributed by atoms with E-state index in [9.17, 15) is 40.5 Å². The van der Waals surface area contributed by atoms with Crippen molar-refractivity contribution >= 4 is 5.97 Å². The van der Waals surface area contributed by atoms with Crippen LogP contribution in [0.5, 0.6) is 0 Å². The number of hydrogen-bond acceptors (Lipinski definition) is 14. The molecule has 0 amide bonds. The average molecular weight is 1010 g/mol. The zero-order chi connectivity index (χ0) is 51.6. The van der Waals surface area contributed by atoms with E-state index in [1.165, 1.54) is 83.5 Å². The lowest BCUT2D eigenvalue weighted by molar-refractivity contribution is -0.332. The molecule has 11 atom stereocenters. The standard InChI is InChI=1S/C57H100O14/c1-3-5-7-9-11-13-15-17-19-20-21-22-23-24-25-26-27-28-30-32-34-36-38-40-49(59)69-46(43-66-41-39-37-35-33-31-29-18-16-14-12-10-8-6-4-2)44-67-56-55(65)53(63)51(61)48(71-56)45-68-57-54(64)52(62)50(60)47(42-58)70-57/h5,7,11,13,17,19,21-22,24-25,46-48,50-58,60-65H,3-4,6,8-10,12,14-16,18,20,23,26-45H2,1-2H3/b7-5-,13-11-,19-17-,22-21-,25-24-. The third-order valence-corrected chi connectivity index (χ3v) is 13.0. The molecule has 14 heteroatoms. The molecule has 0 aromatic heterocycles. The van der Waals surface area contributed by atoms with E-state index in [1.54, 1.807) is 0 Å². The van der Waals surface area contributed by atoms with Crippen LogP contribution in [0.3, 0.4) is 0 Å². The van der Waals surface area contributed by atoms with Gasteiger partial charge in [-0.1, -0.05) is 190 Å². The number of aliphatic hydroxyl groups excluding tert-OH is 7. The molecule has 0 aliphatic carbocycles. The summed E-state index contributed by atoms with van der Waals surface area (Å²) >= 11 is 0. The van der Waals surface area contributed by atoms with Gasteiger partial charge in [-0.3, -0.25) is 4.79 Å². The number of esters is 1. The molecule has 2 aliphatic rings. The quantitative estimate of drug-likeness (QED) is 0.0172. The van der Waals surface area contributed by atoms with Gasteiger partial charge in [0.1, 0.15) is 54.9 Å². The van der Waals surface area contributed by atoms with Crippen molar-refractivity contribution in [2.24, 2.45) is 0 Å². The maximum Gasteiger partial charge on any atom is 0.306 e. The van der Waals surface area contributed by atoms with E-state index in [-0.39, 0.29) is 25.6 Å². The first-order valence-electron chi connectivity index (χ1n) is 27.9. The van der Waals surface area contributed by atoms with Gasteiger partial charge in [-0.2, -0.15) is 0 Å². The number of aliphatic hydroxyl groups is 7. The highest BCUT2D eigenvalue weighted by Gasteiger charge is 2.47. The minimum atomic E-state index is -1.71. The predicted octanol–water partition coefficient (Wildman–Crippen LogP) is 9.30. The van der Waals surface area contributed by atoms with Crippen LogP contribution in [0, 0.1) is 0 Å². The summed E-state index contributed by atoms with van der Waals surface area (Å²) in [5, 5.41) is 72.2. The highest BCUT2D eigenvalue weighted by molar-refractivity contribution is 5.69. The lowest BCUT2D eigenvalue weighted by Crippen LogP contribution is -2.61. The molecule has 2 fully saturated rings. The number of unbranched alkanes of at least 4 members (excludes halogenated alkanes) is 20. The van der Waals surface area contributed by atoms with Crippen LogP contribution in [-0.4, -0.2) is 142 Å². The number of carbonyl (C=O) groups excluding carboxylic acids is 1. The molecule has 2 rings (SSSR count). The molecule has 0 aromatic rings. The predicted molar refractivity (Wildman–Crippen MR) is 279 cm³/mol. The van der Waals surface area contributed by atoms with Gasteiger partial charge in [-0.15, -0.1) is 0 Å². The van der Waals surface area contributed by atoms with Crippen LogP contribution < -0.4 is 0 Å². The van der Waals surface area contributed by atoms with Crippen LogP contribution >= 0.6 is 0 Å². The Kier molecular flexibility index (Phi) is 40.2. The Morgan fingerprint density at radius 1 is 0.479 bits per heavy atom. The summed E-state index contributed by atoms with van der Waals surface area (Å²) < 4.78 is 34.3. The van der Waals surface area contributed by atoms with E-state index in [0.717, 1.165) is 83.5 Å². The lowest BCUT2D eigenvalue weighted by Gasteiger charge is -2.42. The monoisotopic (exact) mass is 1010 g/mol. The van der Waals surface area contributed by atoms with Gasteiger partial charge in [0, 0.05) is 13.0 Å². The molecule has 11 unspecified atom stereocenters. The maximum atomic E-state index is 13.1. The van der Waals surface area contributed by atoms with Gasteiger partial charge in [0.15, 0.2) is 12.6 Å². The van der Waals surface area contributed by atoms with E-state index in [0.29, 0.717) is 13.0 Å². The number of ether oxygens (including phenoxy) is 6. The van der Waals surface area contributed by atoms with Crippen LogP contribution in [0.1, 0.15) is 194 Å². The topological polar surface area (TPSA) is 214 Å². The van der Waals surface area contributed by atoms with Crippen molar-refractivity contribution in [2.75, 3.05) is 33.0 Å². The Morgan fingerprint density at radius 2 is 0.915 bits per heavy atom. The van der Waals surface area contributed by atoms with Gasteiger partial charge >= 0.3 is 5.97 Å². The first-order chi connectivity index (χ1) is 34.6. The van der Waals surface area contributed by atoms with E-state index in [2.05, 4.69) is 74.6 Å². The molecular formula is C57H100O14. The first-order valence-corrected chi connectivity index (χ1v) is 27.9. The van der Waals surface area contributed by atoms with Gasteiger partial charge in [0.2, 0.25) is 0 Å². The zero-order valence-electron chi connectivity index (χ0n) is 43.9. The van der Waals surface area contributed by atoms with Crippen molar-refractivity contribution in [3.8, 4) is 0 Å². The van der Waals surface area contributed by atoms with Crippen LogP contribution in [0.15, 0.2) is 60.8 Å². The summed E-state index contributed by atoms with van der Waals surface area (Å²) in [6.07, 6.45) is 37.0.